The Balaban J connectivity index is 1.39. The van der Waals surface area contributed by atoms with Crippen molar-refractivity contribution in [2.75, 3.05) is 12.3 Å². The molecule has 0 spiro atoms. The fourth-order valence-electron chi connectivity index (χ4n) is 4.75. The van der Waals surface area contributed by atoms with Gasteiger partial charge in [0.05, 0.1) is 56.0 Å². The SMILES string of the molecule is C[C@H](c1ncccn1)N(Cc1cc2c(cn1)OCCC2)C(=O)c1cc2c3c(c(N)nc2cn1)COC3. The van der Waals surface area contributed by atoms with E-state index in [9.17, 15) is 4.79 Å². The van der Waals surface area contributed by atoms with Crippen LogP contribution in [0.25, 0.3) is 10.9 Å². The van der Waals surface area contributed by atoms with Crippen LogP contribution in [0, 0.1) is 0 Å². The second-order valence-corrected chi connectivity index (χ2v) is 8.99. The lowest BCUT2D eigenvalue weighted by Gasteiger charge is -2.28. The quantitative estimate of drug-likeness (QED) is 0.455. The van der Waals surface area contributed by atoms with Crippen LogP contribution >= 0.6 is 0 Å². The minimum absolute atomic E-state index is 0.253. The molecule has 182 valence electrons. The van der Waals surface area contributed by atoms with Crippen molar-refractivity contribution in [3.63, 3.8) is 0 Å². The zero-order valence-electron chi connectivity index (χ0n) is 19.8. The number of fused-ring (bicyclic) bond motifs is 4. The van der Waals surface area contributed by atoms with E-state index in [1.807, 2.05) is 13.0 Å². The second kappa shape index (κ2) is 9.12. The number of nitrogens with two attached hydrogens (primary N) is 1. The van der Waals surface area contributed by atoms with E-state index in [1.54, 1.807) is 41.8 Å². The van der Waals surface area contributed by atoms with Crippen LogP contribution in [0.15, 0.2) is 43.0 Å². The number of nitrogens with zero attached hydrogens (tertiary/aromatic N) is 6. The highest BCUT2D eigenvalue weighted by Gasteiger charge is 2.28. The summed E-state index contributed by atoms with van der Waals surface area (Å²) in [5.41, 5.74) is 10.7. The number of amides is 1. The first-order valence-electron chi connectivity index (χ1n) is 11.9. The fourth-order valence-corrected chi connectivity index (χ4v) is 4.75. The molecule has 6 heterocycles. The van der Waals surface area contributed by atoms with Crippen LogP contribution in [0.2, 0.25) is 0 Å². The maximum Gasteiger partial charge on any atom is 0.273 e. The zero-order chi connectivity index (χ0) is 24.6. The minimum Gasteiger partial charge on any atom is -0.492 e. The Morgan fingerprint density at radius 1 is 1.11 bits per heavy atom. The molecule has 0 radical (unpaired) electrons. The monoisotopic (exact) mass is 483 g/mol. The number of ether oxygens (including phenoxy) is 2. The van der Waals surface area contributed by atoms with Gasteiger partial charge in [0, 0.05) is 23.3 Å². The van der Waals surface area contributed by atoms with Gasteiger partial charge in [0.25, 0.3) is 5.91 Å². The van der Waals surface area contributed by atoms with E-state index in [0.717, 1.165) is 46.4 Å². The number of hydrogen-bond donors (Lipinski definition) is 1. The number of carbonyl (C=O) groups excluding carboxylic acids is 1. The lowest BCUT2D eigenvalue weighted by molar-refractivity contribution is 0.0657. The summed E-state index contributed by atoms with van der Waals surface area (Å²) in [5.74, 6) is 1.53. The van der Waals surface area contributed by atoms with Gasteiger partial charge in [-0.25, -0.2) is 19.9 Å². The highest BCUT2D eigenvalue weighted by molar-refractivity contribution is 5.97. The van der Waals surface area contributed by atoms with Gasteiger partial charge in [0.15, 0.2) is 0 Å². The van der Waals surface area contributed by atoms with E-state index in [0.29, 0.717) is 42.7 Å². The topological polar surface area (TPSA) is 129 Å². The molecule has 0 aliphatic carbocycles. The highest BCUT2D eigenvalue weighted by atomic mass is 16.5. The lowest BCUT2D eigenvalue weighted by Crippen LogP contribution is -2.35. The molecule has 4 aromatic rings. The van der Waals surface area contributed by atoms with Crippen molar-refractivity contribution in [3.05, 3.63) is 76.9 Å². The van der Waals surface area contributed by atoms with Crippen LogP contribution < -0.4 is 10.5 Å². The molecule has 0 saturated heterocycles. The number of aryl methyl sites for hydroxylation is 1. The highest BCUT2D eigenvalue weighted by Crippen LogP contribution is 2.32. The Morgan fingerprint density at radius 3 is 2.81 bits per heavy atom. The van der Waals surface area contributed by atoms with Crippen LogP contribution in [-0.4, -0.2) is 42.3 Å². The van der Waals surface area contributed by atoms with Crippen molar-refractivity contribution in [1.82, 2.24) is 29.8 Å². The van der Waals surface area contributed by atoms with E-state index in [-0.39, 0.29) is 12.5 Å². The standard InChI is InChI=1S/C26H25N7O3/c1-15(25-28-5-3-6-29-25)33(12-17-8-16-4-2-7-36-23(16)11-30-17)26(34)21-9-18-19-13-35-14-20(19)24(27)32-22(18)10-31-21/h3,5-6,8-11,15H,2,4,7,12-14H2,1H3,(H2,27,32)/t15-/m1/s1. The average Bonchev–Trinajstić information content (AvgIpc) is 3.43. The summed E-state index contributed by atoms with van der Waals surface area (Å²) in [4.78, 5) is 37.9. The van der Waals surface area contributed by atoms with Gasteiger partial charge in [-0.2, -0.15) is 0 Å². The fraction of sp³-hybridized carbons (Fsp3) is 0.308. The van der Waals surface area contributed by atoms with Gasteiger partial charge in [-0.1, -0.05) is 0 Å². The Bertz CT molecular complexity index is 1460. The molecule has 0 unspecified atom stereocenters. The number of hydrogen-bond acceptors (Lipinski definition) is 9. The number of rotatable bonds is 5. The predicted octanol–water partition coefficient (Wildman–Crippen LogP) is 3.16. The van der Waals surface area contributed by atoms with E-state index >= 15 is 0 Å². The normalized spacial score (nSPS) is 15.1. The Morgan fingerprint density at radius 2 is 1.94 bits per heavy atom. The number of nitrogen functional groups attached to an aromatic ring is 1. The molecular weight excluding hydrogens is 458 g/mol. The molecule has 0 aromatic carbocycles. The first kappa shape index (κ1) is 22.3. The summed E-state index contributed by atoms with van der Waals surface area (Å²) < 4.78 is 11.3. The summed E-state index contributed by atoms with van der Waals surface area (Å²) in [5, 5.41) is 0.822. The molecule has 0 fully saturated rings. The lowest BCUT2D eigenvalue weighted by atomic mass is 10.0. The molecule has 2 aliphatic heterocycles. The van der Waals surface area contributed by atoms with Crippen LogP contribution in [0.4, 0.5) is 5.82 Å². The third-order valence-electron chi connectivity index (χ3n) is 6.71. The smallest absolute Gasteiger partial charge is 0.273 e. The molecule has 2 N–H and O–H groups in total. The van der Waals surface area contributed by atoms with Gasteiger partial charge in [-0.05, 0) is 49.1 Å². The van der Waals surface area contributed by atoms with Crippen LogP contribution in [-0.2, 0) is 30.9 Å². The van der Waals surface area contributed by atoms with E-state index in [4.69, 9.17) is 15.2 Å². The van der Waals surface area contributed by atoms with Gasteiger partial charge < -0.3 is 20.1 Å². The molecule has 1 atom stereocenters. The molecule has 1 amide bonds. The number of aromatic nitrogens is 5. The first-order valence-corrected chi connectivity index (χ1v) is 11.9. The minimum atomic E-state index is -0.413. The molecule has 36 heavy (non-hydrogen) atoms. The molecule has 6 rings (SSSR count). The molecule has 0 bridgehead atoms. The third kappa shape index (κ3) is 3.99. The van der Waals surface area contributed by atoms with Gasteiger partial charge in [-0.15, -0.1) is 0 Å². The predicted molar refractivity (Wildman–Crippen MR) is 131 cm³/mol. The maximum absolute atomic E-state index is 13.9. The van der Waals surface area contributed by atoms with Crippen molar-refractivity contribution < 1.29 is 14.3 Å². The zero-order valence-corrected chi connectivity index (χ0v) is 19.8. The van der Waals surface area contributed by atoms with Crippen molar-refractivity contribution in [3.8, 4) is 5.75 Å². The Kier molecular flexibility index (Phi) is 5.65. The average molecular weight is 484 g/mol. The van der Waals surface area contributed by atoms with Crippen molar-refractivity contribution in [2.24, 2.45) is 0 Å². The van der Waals surface area contributed by atoms with Crippen LogP contribution in [0.3, 0.4) is 0 Å². The van der Waals surface area contributed by atoms with E-state index in [1.165, 1.54) is 0 Å². The molecular formula is C26H25N7O3. The van der Waals surface area contributed by atoms with Gasteiger partial charge in [-0.3, -0.25) is 9.78 Å². The first-order chi connectivity index (χ1) is 17.6. The molecule has 10 nitrogen and oxygen atoms in total. The summed E-state index contributed by atoms with van der Waals surface area (Å²) in [6.07, 6.45) is 8.55. The summed E-state index contributed by atoms with van der Waals surface area (Å²) in [7, 11) is 0. The molecule has 2 aliphatic rings. The Hall–Kier alpha value is -4.18. The van der Waals surface area contributed by atoms with Crippen molar-refractivity contribution in [1.29, 1.82) is 0 Å². The molecule has 10 heteroatoms. The Labute approximate surface area is 207 Å². The van der Waals surface area contributed by atoms with E-state index < -0.39 is 6.04 Å². The third-order valence-corrected chi connectivity index (χ3v) is 6.71. The van der Waals surface area contributed by atoms with Crippen molar-refractivity contribution in [2.45, 2.75) is 45.6 Å². The van der Waals surface area contributed by atoms with Crippen LogP contribution in [0.5, 0.6) is 5.75 Å². The molecule has 4 aromatic heterocycles. The summed E-state index contributed by atoms with van der Waals surface area (Å²) in [6.45, 7) is 3.72. The number of anilines is 1. The number of pyridine rings is 3. The summed E-state index contributed by atoms with van der Waals surface area (Å²) >= 11 is 0. The summed E-state index contributed by atoms with van der Waals surface area (Å²) in [6, 6.07) is 5.12. The van der Waals surface area contributed by atoms with Crippen molar-refractivity contribution >= 4 is 22.6 Å². The van der Waals surface area contributed by atoms with E-state index in [2.05, 4.69) is 24.9 Å². The molecule has 0 saturated carbocycles. The largest absolute Gasteiger partial charge is 0.492 e. The van der Waals surface area contributed by atoms with Gasteiger partial charge in [0.1, 0.15) is 23.1 Å². The van der Waals surface area contributed by atoms with Crippen LogP contribution in [0.1, 0.15) is 58.1 Å². The second-order valence-electron chi connectivity index (χ2n) is 8.99. The number of carbonyl (C=O) groups is 1. The maximum atomic E-state index is 13.9. The van der Waals surface area contributed by atoms with Gasteiger partial charge >= 0.3 is 0 Å². The van der Waals surface area contributed by atoms with Gasteiger partial charge in [0.2, 0.25) is 0 Å².